The van der Waals surface area contributed by atoms with Crippen LogP contribution in [0.1, 0.15) is 42.1 Å². The molecule has 0 unspecified atom stereocenters. The molecule has 1 aromatic heterocycles. The van der Waals surface area contributed by atoms with Gasteiger partial charge in [0, 0.05) is 23.7 Å². The van der Waals surface area contributed by atoms with Crippen LogP contribution >= 0.6 is 11.6 Å². The van der Waals surface area contributed by atoms with Crippen molar-refractivity contribution in [2.24, 2.45) is 0 Å². The molecule has 1 aliphatic heterocycles. The molecule has 1 aromatic carbocycles. The number of aromatic nitrogens is 2. The zero-order valence-corrected chi connectivity index (χ0v) is 12.9. The van der Waals surface area contributed by atoms with Gasteiger partial charge in [0.1, 0.15) is 16.8 Å². The number of hydrogen-bond donors (Lipinski definition) is 0. The summed E-state index contributed by atoms with van der Waals surface area (Å²) in [5.41, 5.74) is 3.65. The van der Waals surface area contributed by atoms with Gasteiger partial charge in [0.05, 0.1) is 0 Å². The highest BCUT2D eigenvalue weighted by molar-refractivity contribution is 6.30. The average molecular weight is 300 g/mol. The quantitative estimate of drug-likeness (QED) is 0.770. The monoisotopic (exact) mass is 299 g/mol. The number of halogens is 1. The molecule has 0 spiro atoms. The second kappa shape index (κ2) is 4.99. The highest BCUT2D eigenvalue weighted by atomic mass is 35.5. The van der Waals surface area contributed by atoms with Gasteiger partial charge in [0.25, 0.3) is 0 Å². The molecule has 0 amide bonds. The molecule has 0 atom stereocenters. The summed E-state index contributed by atoms with van der Waals surface area (Å²) in [5.74, 6) is 2.43. The van der Waals surface area contributed by atoms with Gasteiger partial charge < -0.3 is 4.90 Å². The van der Waals surface area contributed by atoms with Crippen LogP contribution in [0.5, 0.6) is 0 Å². The first-order valence-electron chi connectivity index (χ1n) is 7.63. The number of para-hydroxylation sites is 1. The first kappa shape index (κ1) is 13.1. The van der Waals surface area contributed by atoms with Crippen molar-refractivity contribution in [2.45, 2.75) is 38.5 Å². The minimum Gasteiger partial charge on any atom is -0.326 e. The van der Waals surface area contributed by atoms with Crippen LogP contribution in [-0.2, 0) is 6.42 Å². The van der Waals surface area contributed by atoms with E-state index in [1.807, 2.05) is 6.92 Å². The Morgan fingerprint density at radius 1 is 1.19 bits per heavy atom. The van der Waals surface area contributed by atoms with E-state index in [0.29, 0.717) is 11.1 Å². The van der Waals surface area contributed by atoms with Gasteiger partial charge in [0.15, 0.2) is 0 Å². The minimum atomic E-state index is 0.516. The van der Waals surface area contributed by atoms with Crippen LogP contribution in [0.4, 0.5) is 11.5 Å². The molecule has 0 bridgehead atoms. The number of hydrogen-bond acceptors (Lipinski definition) is 3. The number of rotatable bonds is 2. The van der Waals surface area contributed by atoms with Crippen molar-refractivity contribution in [1.82, 2.24) is 9.97 Å². The van der Waals surface area contributed by atoms with Crippen molar-refractivity contribution >= 4 is 23.1 Å². The summed E-state index contributed by atoms with van der Waals surface area (Å²) in [5, 5.41) is 0.602. The first-order valence-corrected chi connectivity index (χ1v) is 8.01. The summed E-state index contributed by atoms with van der Waals surface area (Å²) < 4.78 is 0. The Morgan fingerprint density at radius 3 is 2.81 bits per heavy atom. The van der Waals surface area contributed by atoms with E-state index in [9.17, 15) is 0 Å². The molecule has 1 saturated carbocycles. The van der Waals surface area contributed by atoms with E-state index < -0.39 is 0 Å². The Hall–Kier alpha value is -1.61. The lowest BCUT2D eigenvalue weighted by Crippen LogP contribution is -2.26. The van der Waals surface area contributed by atoms with Crippen LogP contribution in [-0.4, -0.2) is 16.5 Å². The summed E-state index contributed by atoms with van der Waals surface area (Å²) in [6.45, 7) is 3.01. The molecule has 1 aliphatic carbocycles. The van der Waals surface area contributed by atoms with Crippen LogP contribution < -0.4 is 4.90 Å². The maximum atomic E-state index is 6.36. The van der Waals surface area contributed by atoms with Gasteiger partial charge in [-0.25, -0.2) is 9.97 Å². The van der Waals surface area contributed by atoms with Gasteiger partial charge in [-0.1, -0.05) is 29.8 Å². The molecule has 0 N–H and O–H groups in total. The van der Waals surface area contributed by atoms with Crippen LogP contribution in [0.15, 0.2) is 24.3 Å². The third-order valence-corrected chi connectivity index (χ3v) is 4.75. The van der Waals surface area contributed by atoms with Crippen LogP contribution in [0.3, 0.4) is 0 Å². The minimum absolute atomic E-state index is 0.516. The maximum absolute atomic E-state index is 6.36. The number of benzene rings is 1. The lowest BCUT2D eigenvalue weighted by molar-refractivity contribution is 0.751. The van der Waals surface area contributed by atoms with Crippen LogP contribution in [0.25, 0.3) is 0 Å². The van der Waals surface area contributed by atoms with E-state index in [-0.39, 0.29) is 0 Å². The van der Waals surface area contributed by atoms with Gasteiger partial charge >= 0.3 is 0 Å². The molecule has 4 heteroatoms. The maximum Gasteiger partial charge on any atom is 0.141 e. The Balaban J connectivity index is 1.83. The molecule has 21 heavy (non-hydrogen) atoms. The van der Waals surface area contributed by atoms with Crippen LogP contribution in [0, 0.1) is 6.92 Å². The van der Waals surface area contributed by atoms with E-state index in [4.69, 9.17) is 16.6 Å². The van der Waals surface area contributed by atoms with E-state index in [2.05, 4.69) is 34.1 Å². The topological polar surface area (TPSA) is 29.0 Å². The van der Waals surface area contributed by atoms with E-state index in [1.54, 1.807) is 0 Å². The van der Waals surface area contributed by atoms with Crippen molar-refractivity contribution in [1.29, 1.82) is 0 Å². The van der Waals surface area contributed by atoms with E-state index in [1.165, 1.54) is 24.1 Å². The predicted molar refractivity (Wildman–Crippen MR) is 85.5 cm³/mol. The molecule has 0 saturated heterocycles. The lowest BCUT2D eigenvalue weighted by Gasteiger charge is -2.31. The number of anilines is 2. The van der Waals surface area contributed by atoms with Gasteiger partial charge in [0.2, 0.25) is 0 Å². The van der Waals surface area contributed by atoms with Gasteiger partial charge in [-0.3, -0.25) is 0 Å². The normalized spacial score (nSPS) is 17.7. The van der Waals surface area contributed by atoms with Gasteiger partial charge in [-0.2, -0.15) is 0 Å². The Bertz CT molecular complexity index is 694. The molecule has 4 rings (SSSR count). The Morgan fingerprint density at radius 2 is 2.00 bits per heavy atom. The lowest BCUT2D eigenvalue weighted by atomic mass is 10.0. The number of nitrogens with zero attached hydrogens (tertiary/aromatic N) is 3. The molecule has 0 radical (unpaired) electrons. The molecular weight excluding hydrogens is 282 g/mol. The van der Waals surface area contributed by atoms with Crippen molar-refractivity contribution in [3.8, 4) is 0 Å². The fourth-order valence-electron chi connectivity index (χ4n) is 3.03. The standard InChI is InChI=1S/C17H18ClN3/c1-11-15(18)19-16(13-8-9-13)20-17(11)21-10-4-6-12-5-2-3-7-14(12)21/h2-3,5,7,13H,4,6,8-10H2,1H3. The number of fused-ring (bicyclic) bond motifs is 1. The van der Waals surface area contributed by atoms with Crippen molar-refractivity contribution in [3.05, 3.63) is 46.4 Å². The van der Waals surface area contributed by atoms with Gasteiger partial charge in [-0.05, 0) is 44.2 Å². The predicted octanol–water partition coefficient (Wildman–Crippen LogP) is 4.40. The largest absolute Gasteiger partial charge is 0.326 e. The molecule has 2 heterocycles. The highest BCUT2D eigenvalue weighted by Crippen LogP contribution is 2.41. The van der Waals surface area contributed by atoms with E-state index in [0.717, 1.165) is 36.6 Å². The van der Waals surface area contributed by atoms with Crippen molar-refractivity contribution < 1.29 is 0 Å². The summed E-state index contributed by atoms with van der Waals surface area (Å²) in [4.78, 5) is 11.6. The Labute approximate surface area is 130 Å². The first-order chi connectivity index (χ1) is 10.2. The third kappa shape index (κ3) is 2.30. The summed E-state index contributed by atoms with van der Waals surface area (Å²) in [6.07, 6.45) is 4.67. The van der Waals surface area contributed by atoms with Crippen molar-refractivity contribution in [3.63, 3.8) is 0 Å². The zero-order valence-electron chi connectivity index (χ0n) is 12.1. The summed E-state index contributed by atoms with van der Waals surface area (Å²) in [7, 11) is 0. The second-order valence-electron chi connectivity index (χ2n) is 5.98. The molecule has 1 fully saturated rings. The SMILES string of the molecule is Cc1c(Cl)nc(C2CC2)nc1N1CCCc2ccccc21. The van der Waals surface area contributed by atoms with Crippen LogP contribution in [0.2, 0.25) is 5.15 Å². The smallest absolute Gasteiger partial charge is 0.141 e. The molecular formula is C17H18ClN3. The third-order valence-electron chi connectivity index (χ3n) is 4.39. The summed E-state index contributed by atoms with van der Waals surface area (Å²) >= 11 is 6.36. The molecule has 2 aromatic rings. The Kier molecular flexibility index (Phi) is 3.11. The zero-order chi connectivity index (χ0) is 14.4. The summed E-state index contributed by atoms with van der Waals surface area (Å²) in [6, 6.07) is 8.59. The fraction of sp³-hybridized carbons (Fsp3) is 0.412. The van der Waals surface area contributed by atoms with Crippen molar-refractivity contribution in [2.75, 3.05) is 11.4 Å². The molecule has 3 nitrogen and oxygen atoms in total. The van der Waals surface area contributed by atoms with Gasteiger partial charge in [-0.15, -0.1) is 0 Å². The number of aryl methyl sites for hydroxylation is 1. The van der Waals surface area contributed by atoms with E-state index >= 15 is 0 Å². The fourth-order valence-corrected chi connectivity index (χ4v) is 3.21. The average Bonchev–Trinajstić information content (AvgIpc) is 3.34. The second-order valence-corrected chi connectivity index (χ2v) is 6.34. The highest BCUT2D eigenvalue weighted by Gasteiger charge is 2.30. The molecule has 108 valence electrons. The molecule has 2 aliphatic rings.